The van der Waals surface area contributed by atoms with Crippen molar-refractivity contribution in [1.82, 2.24) is 0 Å². The number of aromatic carboxylic acids is 1. The third kappa shape index (κ3) is 3.78. The van der Waals surface area contributed by atoms with E-state index in [9.17, 15) is 14.7 Å². The van der Waals surface area contributed by atoms with Crippen molar-refractivity contribution in [3.05, 3.63) is 59.7 Å². The van der Waals surface area contributed by atoms with Crippen molar-refractivity contribution in [1.29, 1.82) is 0 Å². The van der Waals surface area contributed by atoms with E-state index in [1.165, 1.54) is 6.08 Å². The van der Waals surface area contributed by atoms with Gasteiger partial charge in [0, 0.05) is 18.8 Å². The van der Waals surface area contributed by atoms with Gasteiger partial charge in [0.1, 0.15) is 6.29 Å². The Labute approximate surface area is 146 Å². The summed E-state index contributed by atoms with van der Waals surface area (Å²) < 4.78 is 5.37. The molecule has 5 nitrogen and oxygen atoms in total. The van der Waals surface area contributed by atoms with Crippen LogP contribution >= 0.6 is 0 Å². The largest absolute Gasteiger partial charge is 0.478 e. The predicted octanol–water partition coefficient (Wildman–Crippen LogP) is 3.10. The fourth-order valence-electron chi connectivity index (χ4n) is 2.99. The average molecular weight is 337 g/mol. The summed E-state index contributed by atoms with van der Waals surface area (Å²) in [5.74, 6) is -1.02. The molecule has 0 aliphatic carbocycles. The first-order valence-electron chi connectivity index (χ1n) is 8.12. The smallest absolute Gasteiger partial charge is 0.336 e. The molecule has 3 rings (SSSR count). The molecule has 25 heavy (non-hydrogen) atoms. The van der Waals surface area contributed by atoms with Gasteiger partial charge in [-0.15, -0.1) is 0 Å². The Morgan fingerprint density at radius 2 is 1.80 bits per heavy atom. The second-order valence-corrected chi connectivity index (χ2v) is 5.71. The van der Waals surface area contributed by atoms with E-state index in [2.05, 4.69) is 4.90 Å². The first-order valence-corrected chi connectivity index (χ1v) is 8.12. The summed E-state index contributed by atoms with van der Waals surface area (Å²) in [5.41, 5.74) is 3.51. The Morgan fingerprint density at radius 3 is 2.44 bits per heavy atom. The van der Waals surface area contributed by atoms with Crippen molar-refractivity contribution in [3.63, 3.8) is 0 Å². The third-order valence-electron chi connectivity index (χ3n) is 4.23. The number of aldehydes is 1. The lowest BCUT2D eigenvalue weighted by atomic mass is 9.94. The molecule has 0 aromatic heterocycles. The first kappa shape index (κ1) is 16.9. The van der Waals surface area contributed by atoms with Crippen molar-refractivity contribution in [3.8, 4) is 11.1 Å². The molecule has 0 spiro atoms. The van der Waals surface area contributed by atoms with Gasteiger partial charge in [-0.3, -0.25) is 4.79 Å². The van der Waals surface area contributed by atoms with Crippen molar-refractivity contribution < 1.29 is 19.4 Å². The summed E-state index contributed by atoms with van der Waals surface area (Å²) >= 11 is 0. The van der Waals surface area contributed by atoms with Gasteiger partial charge < -0.3 is 14.7 Å². The minimum absolute atomic E-state index is 0.174. The van der Waals surface area contributed by atoms with E-state index in [0.717, 1.165) is 43.1 Å². The SMILES string of the molecule is O=CC=Cc1c(C(=O)O)cccc1-c1ccc(N2CCOCC2)cc1. The molecule has 2 aromatic carbocycles. The summed E-state index contributed by atoms with van der Waals surface area (Å²) in [6, 6.07) is 13.1. The van der Waals surface area contributed by atoms with Crippen LogP contribution in [0.2, 0.25) is 0 Å². The Morgan fingerprint density at radius 1 is 1.08 bits per heavy atom. The van der Waals surface area contributed by atoms with Crippen LogP contribution in [0, 0.1) is 0 Å². The zero-order valence-corrected chi connectivity index (χ0v) is 13.7. The van der Waals surface area contributed by atoms with Gasteiger partial charge in [0.05, 0.1) is 18.8 Å². The third-order valence-corrected chi connectivity index (χ3v) is 4.23. The van der Waals surface area contributed by atoms with E-state index < -0.39 is 5.97 Å². The minimum Gasteiger partial charge on any atom is -0.478 e. The fraction of sp³-hybridized carbons (Fsp3) is 0.200. The number of carbonyl (C=O) groups is 2. The van der Waals surface area contributed by atoms with E-state index in [1.54, 1.807) is 18.2 Å². The quantitative estimate of drug-likeness (QED) is 0.671. The van der Waals surface area contributed by atoms with Gasteiger partial charge in [-0.1, -0.05) is 30.3 Å². The second-order valence-electron chi connectivity index (χ2n) is 5.71. The number of morpholine rings is 1. The molecule has 1 aliphatic heterocycles. The van der Waals surface area contributed by atoms with Crippen molar-refractivity contribution in [2.75, 3.05) is 31.2 Å². The van der Waals surface area contributed by atoms with Crippen molar-refractivity contribution in [2.45, 2.75) is 0 Å². The van der Waals surface area contributed by atoms with Gasteiger partial charge >= 0.3 is 5.97 Å². The summed E-state index contributed by atoms with van der Waals surface area (Å²) in [5, 5.41) is 9.41. The molecule has 0 radical (unpaired) electrons. The number of anilines is 1. The number of carboxylic acid groups (broad SMARTS) is 1. The molecule has 128 valence electrons. The molecular formula is C20H19NO4. The Bertz CT molecular complexity index is 790. The second kappa shape index (κ2) is 7.77. The zero-order chi connectivity index (χ0) is 17.6. The minimum atomic E-state index is -1.02. The lowest BCUT2D eigenvalue weighted by Crippen LogP contribution is -2.36. The van der Waals surface area contributed by atoms with E-state index in [-0.39, 0.29) is 5.56 Å². The molecule has 1 heterocycles. The number of allylic oxidation sites excluding steroid dienone is 1. The molecule has 1 fully saturated rings. The molecule has 0 saturated carbocycles. The van der Waals surface area contributed by atoms with Gasteiger partial charge in [-0.05, 0) is 41.0 Å². The zero-order valence-electron chi connectivity index (χ0n) is 13.7. The number of nitrogens with zero attached hydrogens (tertiary/aromatic N) is 1. The van der Waals surface area contributed by atoms with E-state index in [1.807, 2.05) is 30.3 Å². The molecule has 1 saturated heterocycles. The lowest BCUT2D eigenvalue weighted by molar-refractivity contribution is -0.104. The Hall–Kier alpha value is -2.92. The summed E-state index contributed by atoms with van der Waals surface area (Å²) in [4.78, 5) is 24.4. The maximum Gasteiger partial charge on any atom is 0.336 e. The van der Waals surface area contributed by atoms with Gasteiger partial charge in [-0.2, -0.15) is 0 Å². The summed E-state index contributed by atoms with van der Waals surface area (Å²) in [6.07, 6.45) is 3.50. The molecule has 0 amide bonds. The fourth-order valence-corrected chi connectivity index (χ4v) is 2.99. The highest BCUT2D eigenvalue weighted by molar-refractivity contribution is 5.97. The number of ether oxygens (including phenoxy) is 1. The van der Waals surface area contributed by atoms with Crippen LogP contribution in [0.4, 0.5) is 5.69 Å². The highest BCUT2D eigenvalue weighted by Crippen LogP contribution is 2.29. The van der Waals surface area contributed by atoms with E-state index in [4.69, 9.17) is 4.74 Å². The topological polar surface area (TPSA) is 66.8 Å². The van der Waals surface area contributed by atoms with Crippen LogP contribution in [0.1, 0.15) is 15.9 Å². The number of carbonyl (C=O) groups excluding carboxylic acids is 1. The monoisotopic (exact) mass is 337 g/mol. The van der Waals surface area contributed by atoms with Gasteiger partial charge in [0.15, 0.2) is 0 Å². The summed E-state index contributed by atoms with van der Waals surface area (Å²) in [6.45, 7) is 3.18. The van der Waals surface area contributed by atoms with Gasteiger partial charge in [0.2, 0.25) is 0 Å². The number of carboxylic acids is 1. The van der Waals surface area contributed by atoms with E-state index in [0.29, 0.717) is 11.8 Å². The van der Waals surface area contributed by atoms with Crippen LogP contribution < -0.4 is 4.90 Å². The number of rotatable bonds is 5. The van der Waals surface area contributed by atoms with Crippen LogP contribution in [0.5, 0.6) is 0 Å². The van der Waals surface area contributed by atoms with Crippen LogP contribution in [0.25, 0.3) is 17.2 Å². The number of benzene rings is 2. The molecule has 0 atom stereocenters. The van der Waals surface area contributed by atoms with Crippen molar-refractivity contribution in [2.24, 2.45) is 0 Å². The Balaban J connectivity index is 1.98. The number of hydrogen-bond acceptors (Lipinski definition) is 4. The molecule has 0 unspecified atom stereocenters. The van der Waals surface area contributed by atoms with Crippen molar-refractivity contribution >= 4 is 24.0 Å². The standard InChI is InChI=1S/C20H19NO4/c22-12-2-5-18-17(3-1-4-19(18)20(23)24)15-6-8-16(9-7-15)21-10-13-25-14-11-21/h1-9,12H,10-11,13-14H2,(H,23,24). The molecule has 1 N–H and O–H groups in total. The van der Waals surface area contributed by atoms with E-state index >= 15 is 0 Å². The van der Waals surface area contributed by atoms with Crippen LogP contribution in [0.3, 0.4) is 0 Å². The molecule has 5 heteroatoms. The highest BCUT2D eigenvalue weighted by atomic mass is 16.5. The normalized spacial score (nSPS) is 14.6. The molecular weight excluding hydrogens is 318 g/mol. The molecule has 2 aromatic rings. The van der Waals surface area contributed by atoms with Crippen LogP contribution in [0.15, 0.2) is 48.5 Å². The molecule has 1 aliphatic rings. The Kier molecular flexibility index (Phi) is 5.26. The van der Waals surface area contributed by atoms with Crippen LogP contribution in [-0.2, 0) is 9.53 Å². The lowest BCUT2D eigenvalue weighted by Gasteiger charge is -2.29. The summed E-state index contributed by atoms with van der Waals surface area (Å²) in [7, 11) is 0. The van der Waals surface area contributed by atoms with Gasteiger partial charge in [-0.25, -0.2) is 4.79 Å². The predicted molar refractivity (Wildman–Crippen MR) is 97.0 cm³/mol. The molecule has 0 bridgehead atoms. The first-order chi connectivity index (χ1) is 12.2. The average Bonchev–Trinajstić information content (AvgIpc) is 2.67. The van der Waals surface area contributed by atoms with Gasteiger partial charge in [0.25, 0.3) is 0 Å². The maximum atomic E-state index is 11.5. The van der Waals surface area contributed by atoms with Crippen LogP contribution in [-0.4, -0.2) is 43.7 Å². The highest BCUT2D eigenvalue weighted by Gasteiger charge is 2.14. The maximum absolute atomic E-state index is 11.5. The number of hydrogen-bond donors (Lipinski definition) is 1.